The molecule has 0 radical (unpaired) electrons. The van der Waals surface area contributed by atoms with E-state index in [2.05, 4.69) is 10.6 Å². The van der Waals surface area contributed by atoms with Crippen molar-refractivity contribution >= 4 is 11.7 Å². The Balaban J connectivity index is 1.76. The fraction of sp³-hybridized carbons (Fsp3) is 0.278. The molecule has 0 heterocycles. The fourth-order valence-electron chi connectivity index (χ4n) is 1.94. The minimum atomic E-state index is -0.417. The van der Waals surface area contributed by atoms with E-state index in [0.29, 0.717) is 25.3 Å². The second-order valence-electron chi connectivity index (χ2n) is 5.32. The Morgan fingerprint density at radius 2 is 1.83 bits per heavy atom. The van der Waals surface area contributed by atoms with Crippen molar-refractivity contribution in [2.45, 2.75) is 26.1 Å². The van der Waals surface area contributed by atoms with Gasteiger partial charge in [0.1, 0.15) is 12.4 Å². The summed E-state index contributed by atoms with van der Waals surface area (Å²) in [6.45, 7) is 2.60. The molecule has 0 bridgehead atoms. The molecule has 2 rings (SSSR count). The molecule has 2 aromatic carbocycles. The van der Waals surface area contributed by atoms with Crippen LogP contribution in [0.1, 0.15) is 18.9 Å². The van der Waals surface area contributed by atoms with Crippen LogP contribution in [0.5, 0.6) is 5.75 Å². The topological polar surface area (TPSA) is 70.6 Å². The zero-order valence-electron chi connectivity index (χ0n) is 13.2. The first kappa shape index (κ1) is 16.8. The van der Waals surface area contributed by atoms with E-state index < -0.39 is 6.10 Å². The first-order valence-corrected chi connectivity index (χ1v) is 7.63. The van der Waals surface area contributed by atoms with Gasteiger partial charge in [0.05, 0.1) is 6.10 Å². The number of benzene rings is 2. The second kappa shape index (κ2) is 8.80. The van der Waals surface area contributed by atoms with E-state index in [1.165, 1.54) is 0 Å². The Labute approximate surface area is 136 Å². The summed E-state index contributed by atoms with van der Waals surface area (Å²) in [5.41, 5.74) is 1.73. The summed E-state index contributed by atoms with van der Waals surface area (Å²) in [7, 11) is 0. The number of carbonyl (C=O) groups excluding carboxylic acids is 1. The number of rotatable bonds is 7. The maximum absolute atomic E-state index is 11.7. The number of anilines is 1. The minimum Gasteiger partial charge on any atom is -0.489 e. The van der Waals surface area contributed by atoms with Crippen molar-refractivity contribution in [1.82, 2.24) is 5.32 Å². The van der Waals surface area contributed by atoms with Crippen LogP contribution >= 0.6 is 0 Å². The monoisotopic (exact) mass is 314 g/mol. The number of amides is 2. The van der Waals surface area contributed by atoms with E-state index in [0.717, 1.165) is 11.3 Å². The van der Waals surface area contributed by atoms with Gasteiger partial charge in [0.25, 0.3) is 0 Å². The third-order valence-electron chi connectivity index (χ3n) is 3.21. The molecule has 2 aromatic rings. The molecule has 0 aliphatic heterocycles. The van der Waals surface area contributed by atoms with Gasteiger partial charge in [0.15, 0.2) is 0 Å². The lowest BCUT2D eigenvalue weighted by Gasteiger charge is -2.10. The molecule has 0 aliphatic rings. The molecule has 5 nitrogen and oxygen atoms in total. The lowest BCUT2D eigenvalue weighted by Crippen LogP contribution is -2.30. The zero-order valence-corrected chi connectivity index (χ0v) is 13.2. The molecule has 0 fully saturated rings. The van der Waals surface area contributed by atoms with E-state index in [-0.39, 0.29) is 6.03 Å². The van der Waals surface area contributed by atoms with Crippen LogP contribution in [0.25, 0.3) is 0 Å². The van der Waals surface area contributed by atoms with Crippen LogP contribution in [0.15, 0.2) is 54.6 Å². The van der Waals surface area contributed by atoms with Gasteiger partial charge in [-0.2, -0.15) is 0 Å². The predicted molar refractivity (Wildman–Crippen MR) is 90.5 cm³/mol. The predicted octanol–water partition coefficient (Wildman–Crippen LogP) is 3.16. The van der Waals surface area contributed by atoms with Crippen molar-refractivity contribution in [2.75, 3.05) is 11.9 Å². The normalized spacial score (nSPS) is 11.6. The number of nitrogens with one attached hydrogen (secondary N) is 2. The number of aliphatic hydroxyl groups is 1. The number of urea groups is 1. The highest BCUT2D eigenvalue weighted by Gasteiger charge is 2.03. The van der Waals surface area contributed by atoms with Gasteiger partial charge in [-0.25, -0.2) is 4.79 Å². The Morgan fingerprint density at radius 1 is 1.13 bits per heavy atom. The van der Waals surface area contributed by atoms with Crippen molar-refractivity contribution in [2.24, 2.45) is 0 Å². The largest absolute Gasteiger partial charge is 0.489 e. The lowest BCUT2D eigenvalue weighted by atomic mass is 10.2. The fourth-order valence-corrected chi connectivity index (χ4v) is 1.94. The Kier molecular flexibility index (Phi) is 6.44. The van der Waals surface area contributed by atoms with Gasteiger partial charge in [-0.05, 0) is 43.2 Å². The van der Waals surface area contributed by atoms with Crippen LogP contribution in [0.3, 0.4) is 0 Å². The van der Waals surface area contributed by atoms with Crippen molar-refractivity contribution in [3.8, 4) is 5.75 Å². The van der Waals surface area contributed by atoms with Crippen LogP contribution in [0.4, 0.5) is 10.5 Å². The van der Waals surface area contributed by atoms with Crippen LogP contribution in [-0.4, -0.2) is 23.8 Å². The van der Waals surface area contributed by atoms with E-state index >= 15 is 0 Å². The third kappa shape index (κ3) is 6.40. The van der Waals surface area contributed by atoms with Crippen molar-refractivity contribution in [3.05, 3.63) is 60.2 Å². The number of carbonyl (C=O) groups is 1. The zero-order chi connectivity index (χ0) is 16.5. The van der Waals surface area contributed by atoms with Gasteiger partial charge in [-0.15, -0.1) is 0 Å². The van der Waals surface area contributed by atoms with Crippen molar-refractivity contribution in [3.63, 3.8) is 0 Å². The van der Waals surface area contributed by atoms with Crippen molar-refractivity contribution in [1.29, 1.82) is 0 Å². The van der Waals surface area contributed by atoms with E-state index in [1.54, 1.807) is 6.92 Å². The summed E-state index contributed by atoms with van der Waals surface area (Å²) >= 11 is 0. The smallest absolute Gasteiger partial charge is 0.319 e. The molecule has 0 spiro atoms. The SMILES string of the molecule is CC(O)CCNC(=O)Nc1ccc(COc2ccccc2)cc1. The second-order valence-corrected chi connectivity index (χ2v) is 5.32. The number of aliphatic hydroxyl groups excluding tert-OH is 1. The molecule has 23 heavy (non-hydrogen) atoms. The summed E-state index contributed by atoms with van der Waals surface area (Å²) in [5.74, 6) is 0.826. The molecular formula is C18H22N2O3. The molecule has 3 N–H and O–H groups in total. The van der Waals surface area contributed by atoms with Gasteiger partial charge >= 0.3 is 6.03 Å². The highest BCUT2D eigenvalue weighted by Crippen LogP contribution is 2.14. The molecule has 1 unspecified atom stereocenters. The van der Waals surface area contributed by atoms with Crippen LogP contribution in [0.2, 0.25) is 0 Å². The molecule has 0 aliphatic carbocycles. The summed E-state index contributed by atoms with van der Waals surface area (Å²) in [6.07, 6.45) is 0.114. The van der Waals surface area contributed by atoms with Crippen LogP contribution < -0.4 is 15.4 Å². The molecule has 1 atom stereocenters. The van der Waals surface area contributed by atoms with E-state index in [1.807, 2.05) is 54.6 Å². The van der Waals surface area contributed by atoms with Gasteiger partial charge in [0, 0.05) is 12.2 Å². The first-order valence-electron chi connectivity index (χ1n) is 7.63. The number of ether oxygens (including phenoxy) is 1. The maximum atomic E-state index is 11.7. The number of para-hydroxylation sites is 1. The lowest BCUT2D eigenvalue weighted by molar-refractivity contribution is 0.184. The molecule has 122 valence electrons. The van der Waals surface area contributed by atoms with E-state index in [9.17, 15) is 4.79 Å². The first-order chi connectivity index (χ1) is 11.1. The Bertz CT molecular complexity index is 597. The third-order valence-corrected chi connectivity index (χ3v) is 3.21. The summed E-state index contributed by atoms with van der Waals surface area (Å²) in [4.78, 5) is 11.7. The molecule has 2 amide bonds. The summed E-state index contributed by atoms with van der Waals surface area (Å²) in [5, 5.41) is 14.6. The Hall–Kier alpha value is -2.53. The van der Waals surface area contributed by atoms with E-state index in [4.69, 9.17) is 9.84 Å². The standard InChI is InChI=1S/C18H22N2O3/c1-14(21)11-12-19-18(22)20-16-9-7-15(8-10-16)13-23-17-5-3-2-4-6-17/h2-10,14,21H,11-13H2,1H3,(H2,19,20,22). The number of hydrogen-bond donors (Lipinski definition) is 3. The number of hydrogen-bond acceptors (Lipinski definition) is 3. The van der Waals surface area contributed by atoms with Gasteiger partial charge in [0.2, 0.25) is 0 Å². The van der Waals surface area contributed by atoms with Gasteiger partial charge in [-0.3, -0.25) is 0 Å². The molecule has 0 aromatic heterocycles. The average molecular weight is 314 g/mol. The maximum Gasteiger partial charge on any atom is 0.319 e. The van der Waals surface area contributed by atoms with Gasteiger partial charge in [-0.1, -0.05) is 30.3 Å². The summed E-state index contributed by atoms with van der Waals surface area (Å²) in [6, 6.07) is 16.8. The highest BCUT2D eigenvalue weighted by atomic mass is 16.5. The van der Waals surface area contributed by atoms with Gasteiger partial charge < -0.3 is 20.5 Å². The Morgan fingerprint density at radius 3 is 2.48 bits per heavy atom. The molecule has 0 saturated heterocycles. The summed E-state index contributed by atoms with van der Waals surface area (Å²) < 4.78 is 5.67. The average Bonchev–Trinajstić information content (AvgIpc) is 2.55. The highest BCUT2D eigenvalue weighted by molar-refractivity contribution is 5.89. The minimum absolute atomic E-state index is 0.279. The van der Waals surface area contributed by atoms with Crippen LogP contribution in [-0.2, 0) is 6.61 Å². The van der Waals surface area contributed by atoms with Crippen molar-refractivity contribution < 1.29 is 14.6 Å². The van der Waals surface area contributed by atoms with Crippen LogP contribution in [0, 0.1) is 0 Å². The quantitative estimate of drug-likeness (QED) is 0.735. The molecule has 5 heteroatoms. The molecule has 0 saturated carbocycles. The molecular weight excluding hydrogens is 292 g/mol.